The lowest BCUT2D eigenvalue weighted by molar-refractivity contribution is -0.0514. The van der Waals surface area contributed by atoms with Crippen molar-refractivity contribution >= 4 is 11.6 Å². The molecule has 4 rings (SSSR count). The summed E-state index contributed by atoms with van der Waals surface area (Å²) in [4.78, 5) is 12.5. The molecule has 2 aromatic carbocycles. The van der Waals surface area contributed by atoms with E-state index in [0.717, 1.165) is 0 Å². The molecule has 1 amide bonds. The molecule has 2 heterocycles. The highest BCUT2D eigenvalue weighted by Gasteiger charge is 2.17. The Balaban J connectivity index is 1.37. The van der Waals surface area contributed by atoms with Gasteiger partial charge in [0.25, 0.3) is 5.91 Å². The maximum absolute atomic E-state index is 12.5. The molecule has 32 heavy (non-hydrogen) atoms. The van der Waals surface area contributed by atoms with Crippen LogP contribution in [-0.2, 0) is 6.61 Å². The number of carbonyl (C=O) groups excluding carboxylic acids is 1. The van der Waals surface area contributed by atoms with Crippen molar-refractivity contribution in [1.29, 1.82) is 0 Å². The molecule has 0 radical (unpaired) electrons. The van der Waals surface area contributed by atoms with Gasteiger partial charge < -0.3 is 33.4 Å². The number of anilines is 1. The number of hydrogen-bond acceptors (Lipinski definition) is 7. The van der Waals surface area contributed by atoms with E-state index in [4.69, 9.17) is 23.4 Å². The van der Waals surface area contributed by atoms with Gasteiger partial charge in [-0.1, -0.05) is 0 Å². The second kappa shape index (κ2) is 9.46. The van der Waals surface area contributed by atoms with Crippen LogP contribution in [0.25, 0.3) is 0 Å². The molecule has 0 saturated carbocycles. The second-order valence-electron chi connectivity index (χ2n) is 6.50. The lowest BCUT2D eigenvalue weighted by atomic mass is 10.2. The number of carbonyl (C=O) groups is 1. The van der Waals surface area contributed by atoms with Crippen molar-refractivity contribution in [3.8, 4) is 28.7 Å². The zero-order valence-corrected chi connectivity index (χ0v) is 16.9. The Labute approximate surface area is 181 Å². The van der Waals surface area contributed by atoms with Gasteiger partial charge in [0.1, 0.15) is 18.1 Å². The monoisotopic (exact) mass is 447 g/mol. The number of ether oxygens (including phenoxy) is 5. The quantitative estimate of drug-likeness (QED) is 0.502. The zero-order chi connectivity index (χ0) is 22.5. The predicted molar refractivity (Wildman–Crippen MR) is 108 cm³/mol. The Morgan fingerprint density at radius 3 is 2.69 bits per heavy atom. The fourth-order valence-electron chi connectivity index (χ4n) is 2.94. The number of halogens is 2. The molecule has 0 unspecified atom stereocenters. The first kappa shape index (κ1) is 21.3. The van der Waals surface area contributed by atoms with Gasteiger partial charge >= 0.3 is 6.61 Å². The van der Waals surface area contributed by atoms with Crippen LogP contribution >= 0.6 is 0 Å². The van der Waals surface area contributed by atoms with Crippen molar-refractivity contribution < 1.29 is 41.7 Å². The minimum absolute atomic E-state index is 0.0557. The number of fused-ring (bicyclic) bond motifs is 1. The Hall–Kier alpha value is -3.95. The van der Waals surface area contributed by atoms with E-state index in [0.29, 0.717) is 28.7 Å². The molecule has 0 aliphatic carbocycles. The van der Waals surface area contributed by atoms with Crippen LogP contribution in [0.2, 0.25) is 0 Å². The van der Waals surface area contributed by atoms with Crippen LogP contribution in [0.4, 0.5) is 14.5 Å². The molecule has 0 bridgehead atoms. The van der Waals surface area contributed by atoms with Crippen molar-refractivity contribution in [3.63, 3.8) is 0 Å². The zero-order valence-electron chi connectivity index (χ0n) is 16.9. The number of rotatable bonds is 9. The number of hydrogen-bond donors (Lipinski definition) is 1. The molecule has 0 spiro atoms. The van der Waals surface area contributed by atoms with Gasteiger partial charge in [0, 0.05) is 17.8 Å². The van der Waals surface area contributed by atoms with Crippen LogP contribution in [0.15, 0.2) is 52.9 Å². The summed E-state index contributed by atoms with van der Waals surface area (Å²) < 4.78 is 56.5. The number of benzene rings is 2. The van der Waals surface area contributed by atoms with Gasteiger partial charge in [-0.3, -0.25) is 4.79 Å². The molecule has 0 saturated heterocycles. The lowest BCUT2D eigenvalue weighted by Crippen LogP contribution is -2.11. The summed E-state index contributed by atoms with van der Waals surface area (Å²) in [5, 5.41) is 2.63. The van der Waals surface area contributed by atoms with Gasteiger partial charge in [0.05, 0.1) is 6.61 Å². The molecule has 0 atom stereocenters. The molecule has 0 fully saturated rings. The van der Waals surface area contributed by atoms with Crippen molar-refractivity contribution in [3.05, 3.63) is 60.1 Å². The van der Waals surface area contributed by atoms with Crippen molar-refractivity contribution in [2.75, 3.05) is 18.7 Å². The molecule has 1 aromatic heterocycles. The van der Waals surface area contributed by atoms with Gasteiger partial charge in [-0.05, 0) is 43.3 Å². The van der Waals surface area contributed by atoms with E-state index in [1.165, 1.54) is 24.3 Å². The highest BCUT2D eigenvalue weighted by Crippen LogP contribution is 2.35. The first-order valence-corrected chi connectivity index (χ1v) is 9.66. The normalized spacial score (nSPS) is 12.0. The SMILES string of the molecule is CCOc1cc(NC(=O)c2ccc(COc3ccc4c(c3)OCO4)o2)ccc1OC(F)F. The summed E-state index contributed by atoms with van der Waals surface area (Å²) in [6.07, 6.45) is 0. The van der Waals surface area contributed by atoms with Crippen molar-refractivity contribution in [1.82, 2.24) is 0 Å². The molecule has 10 heteroatoms. The van der Waals surface area contributed by atoms with Crippen LogP contribution in [0.3, 0.4) is 0 Å². The number of amides is 1. The maximum Gasteiger partial charge on any atom is 0.387 e. The van der Waals surface area contributed by atoms with E-state index in [9.17, 15) is 13.6 Å². The number of alkyl halides is 2. The highest BCUT2D eigenvalue weighted by atomic mass is 19.3. The summed E-state index contributed by atoms with van der Waals surface area (Å²) in [6.45, 7) is -0.782. The fraction of sp³-hybridized carbons (Fsp3) is 0.227. The van der Waals surface area contributed by atoms with E-state index >= 15 is 0 Å². The van der Waals surface area contributed by atoms with Gasteiger partial charge in [-0.2, -0.15) is 8.78 Å². The summed E-state index contributed by atoms with van der Waals surface area (Å²) in [5.74, 6) is 1.73. The molecule has 3 aromatic rings. The number of nitrogens with one attached hydrogen (secondary N) is 1. The Kier molecular flexibility index (Phi) is 6.29. The largest absolute Gasteiger partial charge is 0.490 e. The van der Waals surface area contributed by atoms with E-state index in [-0.39, 0.29) is 37.3 Å². The summed E-state index contributed by atoms with van der Waals surface area (Å²) in [7, 11) is 0. The second-order valence-corrected chi connectivity index (χ2v) is 6.50. The van der Waals surface area contributed by atoms with Crippen LogP contribution in [0.5, 0.6) is 28.7 Å². The first-order valence-electron chi connectivity index (χ1n) is 9.66. The summed E-state index contributed by atoms with van der Waals surface area (Å²) >= 11 is 0. The first-order chi connectivity index (χ1) is 15.5. The van der Waals surface area contributed by atoms with Crippen LogP contribution < -0.4 is 29.0 Å². The third-order valence-corrected chi connectivity index (χ3v) is 4.33. The van der Waals surface area contributed by atoms with E-state index in [1.54, 1.807) is 31.2 Å². The minimum Gasteiger partial charge on any atom is -0.490 e. The molecule has 168 valence electrons. The van der Waals surface area contributed by atoms with Gasteiger partial charge in [-0.15, -0.1) is 0 Å². The standard InChI is InChI=1S/C22H19F2NO7/c1-2-27-19-9-13(3-6-17(19)32-22(23)24)25-21(26)18-8-5-15(31-18)11-28-14-4-7-16-20(10-14)30-12-29-16/h3-10,22H,2,11-12H2,1H3,(H,25,26). The summed E-state index contributed by atoms with van der Waals surface area (Å²) in [6, 6.07) is 12.4. The lowest BCUT2D eigenvalue weighted by Gasteiger charge is -2.13. The molecule has 1 aliphatic rings. The molecule has 1 N–H and O–H groups in total. The molecule has 1 aliphatic heterocycles. The molecule has 8 nitrogen and oxygen atoms in total. The number of furan rings is 1. The third-order valence-electron chi connectivity index (χ3n) is 4.33. The van der Waals surface area contributed by atoms with E-state index < -0.39 is 12.5 Å². The van der Waals surface area contributed by atoms with Gasteiger partial charge in [0.15, 0.2) is 28.8 Å². The maximum atomic E-state index is 12.5. The molecular formula is C22H19F2NO7. The average Bonchev–Trinajstić information content (AvgIpc) is 3.43. The van der Waals surface area contributed by atoms with Crippen LogP contribution in [0, 0.1) is 0 Å². The van der Waals surface area contributed by atoms with Crippen LogP contribution in [-0.4, -0.2) is 25.9 Å². The Morgan fingerprint density at radius 2 is 1.88 bits per heavy atom. The van der Waals surface area contributed by atoms with Crippen molar-refractivity contribution in [2.45, 2.75) is 20.1 Å². The fourth-order valence-corrected chi connectivity index (χ4v) is 2.94. The van der Waals surface area contributed by atoms with Gasteiger partial charge in [-0.25, -0.2) is 0 Å². The average molecular weight is 447 g/mol. The minimum atomic E-state index is -2.99. The third kappa shape index (κ3) is 5.02. The van der Waals surface area contributed by atoms with E-state index in [1.807, 2.05) is 0 Å². The smallest absolute Gasteiger partial charge is 0.387 e. The highest BCUT2D eigenvalue weighted by molar-refractivity contribution is 6.02. The van der Waals surface area contributed by atoms with Crippen molar-refractivity contribution in [2.24, 2.45) is 0 Å². The molecular weight excluding hydrogens is 428 g/mol. The summed E-state index contributed by atoms with van der Waals surface area (Å²) in [5.41, 5.74) is 0.328. The Morgan fingerprint density at radius 1 is 1.03 bits per heavy atom. The predicted octanol–water partition coefficient (Wildman–Crippen LogP) is 4.84. The van der Waals surface area contributed by atoms with E-state index in [2.05, 4.69) is 10.1 Å². The van der Waals surface area contributed by atoms with Crippen LogP contribution in [0.1, 0.15) is 23.2 Å². The Bertz CT molecular complexity index is 1100. The topological polar surface area (TPSA) is 88.4 Å². The van der Waals surface area contributed by atoms with Gasteiger partial charge in [0.2, 0.25) is 6.79 Å².